The van der Waals surface area contributed by atoms with Gasteiger partial charge in [0.2, 0.25) is 0 Å². The van der Waals surface area contributed by atoms with Crippen LogP contribution in [-0.2, 0) is 26.0 Å². The van der Waals surface area contributed by atoms with Crippen molar-refractivity contribution < 1.29 is 50.8 Å². The number of amides is 1. The number of carbonyl (C=O) groups excluding carboxylic acids is 1. The van der Waals surface area contributed by atoms with Crippen molar-refractivity contribution in [3.8, 4) is 0 Å². The van der Waals surface area contributed by atoms with E-state index in [4.69, 9.17) is 0 Å². The Hall–Kier alpha value is 0.630. The van der Waals surface area contributed by atoms with Crippen molar-refractivity contribution in [3.05, 3.63) is 21.0 Å². The summed E-state index contributed by atoms with van der Waals surface area (Å²) < 4.78 is 5.00. The molecule has 0 fully saturated rings. The van der Waals surface area contributed by atoms with Crippen LogP contribution >= 0.6 is 0 Å². The summed E-state index contributed by atoms with van der Waals surface area (Å²) in [4.78, 5) is 11.7. The smallest absolute Gasteiger partial charge is 1.00 e. The van der Waals surface area contributed by atoms with Gasteiger partial charge in [-0.05, 0) is 0 Å². The standard InChI is InChI=1S/C6H7.C4H9NO.C2H7Si.2ClH.Zr/c1-6-4-2-3-5-6;1-2-3-4(5)6;1-3-2;;;/h4-5H,2H2,1H3;2-3H2,1H3,(H2,5,6);3H,1-2H3;2*1H;/q;;;;;+3/p-3. The molecule has 0 heterocycles. The summed E-state index contributed by atoms with van der Waals surface area (Å²) in [5.41, 5.74) is 1.38. The average Bonchev–Trinajstić information content (AvgIpc) is 2.61. The molecule has 18 heavy (non-hydrogen) atoms. The van der Waals surface area contributed by atoms with E-state index in [1.807, 2.05) is 0 Å². The molecule has 0 atom stereocenters. The van der Waals surface area contributed by atoms with Gasteiger partial charge < -0.3 is 24.8 Å². The fourth-order valence-corrected chi connectivity index (χ4v) is 15.8. The van der Waals surface area contributed by atoms with E-state index in [-0.39, 0.29) is 24.8 Å². The van der Waals surface area contributed by atoms with Crippen LogP contribution in [0.4, 0.5) is 0 Å². The molecule has 0 aromatic heterocycles. The molecule has 0 bridgehead atoms. The van der Waals surface area contributed by atoms with Crippen LogP contribution in [0.5, 0.6) is 0 Å². The molecule has 0 radical (unpaired) electrons. The quantitative estimate of drug-likeness (QED) is 0.492. The SMILES string of the molecule is CCCC(=O)[NH][Zr+2]([C]1=CC(C)=CC1)[SiH](C)C.[Cl-].[Cl-]. The Balaban J connectivity index is 0. The number of carbonyl (C=O) groups is 1. The van der Waals surface area contributed by atoms with Crippen molar-refractivity contribution >= 4 is 11.8 Å². The number of nitrogens with one attached hydrogen (secondary N) is 1. The molecule has 0 aliphatic heterocycles. The Morgan fingerprint density at radius 1 is 1.44 bits per heavy atom. The van der Waals surface area contributed by atoms with E-state index < -0.39 is 27.1 Å². The molecule has 1 amide bonds. The van der Waals surface area contributed by atoms with Crippen LogP contribution in [0.2, 0.25) is 13.1 Å². The predicted octanol–water partition coefficient (Wildman–Crippen LogP) is -3.34. The second-order valence-electron chi connectivity index (χ2n) is 4.69. The van der Waals surface area contributed by atoms with Crippen molar-refractivity contribution in [3.63, 3.8) is 0 Å². The molecule has 0 spiro atoms. The molecule has 1 rings (SSSR count). The first-order valence-corrected chi connectivity index (χ1v) is 15.7. The molecule has 1 aliphatic carbocycles. The van der Waals surface area contributed by atoms with E-state index in [2.05, 4.69) is 42.4 Å². The molecular weight excluding hydrogens is 364 g/mol. The van der Waals surface area contributed by atoms with Crippen molar-refractivity contribution in [2.24, 2.45) is 0 Å². The van der Waals surface area contributed by atoms with E-state index in [9.17, 15) is 4.79 Å². The second-order valence-corrected chi connectivity index (χ2v) is 23.2. The van der Waals surface area contributed by atoms with Crippen LogP contribution in [0.1, 0.15) is 33.1 Å². The average molecular weight is 387 g/mol. The summed E-state index contributed by atoms with van der Waals surface area (Å²) in [6, 6.07) is 0. The maximum atomic E-state index is 11.7. The molecule has 1 N–H and O–H groups in total. The number of hydrogen-bond acceptors (Lipinski definition) is 1. The zero-order valence-corrected chi connectivity index (χ0v) is 16.6. The van der Waals surface area contributed by atoms with Crippen LogP contribution in [0, 0.1) is 0 Å². The van der Waals surface area contributed by atoms with E-state index >= 15 is 0 Å². The Labute approximate surface area is 132 Å². The number of hydrogen-bond donors (Lipinski definition) is 1. The molecule has 6 heteroatoms. The third-order valence-electron chi connectivity index (χ3n) is 2.72. The molecule has 0 saturated carbocycles. The fraction of sp³-hybridized carbons (Fsp3) is 0.583. The summed E-state index contributed by atoms with van der Waals surface area (Å²) in [5, 5.41) is 0. The van der Waals surface area contributed by atoms with Gasteiger partial charge in [0.1, 0.15) is 0 Å². The monoisotopic (exact) mass is 384 g/mol. The van der Waals surface area contributed by atoms with Crippen LogP contribution in [0.15, 0.2) is 21.0 Å². The summed E-state index contributed by atoms with van der Waals surface area (Å²) in [6.07, 6.45) is 7.38. The number of rotatable bonds is 5. The topological polar surface area (TPSA) is 29.1 Å². The Morgan fingerprint density at radius 3 is 2.44 bits per heavy atom. The Morgan fingerprint density at radius 2 is 2.06 bits per heavy atom. The van der Waals surface area contributed by atoms with Crippen LogP contribution < -0.4 is 28.1 Å². The van der Waals surface area contributed by atoms with Gasteiger partial charge in [0.15, 0.2) is 0 Å². The van der Waals surface area contributed by atoms with Gasteiger partial charge in [0.25, 0.3) is 0 Å². The first-order chi connectivity index (χ1) is 7.54. The number of halogens is 2. The van der Waals surface area contributed by atoms with Crippen LogP contribution in [0.3, 0.4) is 0 Å². The van der Waals surface area contributed by atoms with Gasteiger partial charge in [-0.15, -0.1) is 0 Å². The van der Waals surface area contributed by atoms with Gasteiger partial charge >= 0.3 is 108 Å². The number of allylic oxidation sites excluding steroid dienone is 4. The predicted molar refractivity (Wildman–Crippen MR) is 68.4 cm³/mol. The van der Waals surface area contributed by atoms with Gasteiger partial charge in [-0.3, -0.25) is 0 Å². The first-order valence-electron chi connectivity index (χ1n) is 6.09. The van der Waals surface area contributed by atoms with Gasteiger partial charge in [0, 0.05) is 0 Å². The minimum absolute atomic E-state index is 0. The third-order valence-corrected chi connectivity index (χ3v) is 19.3. The summed E-state index contributed by atoms with van der Waals surface area (Å²) >= 11 is -1.75. The first kappa shape index (κ1) is 20.9. The van der Waals surface area contributed by atoms with Crippen molar-refractivity contribution in [2.45, 2.75) is 46.2 Å². The summed E-state index contributed by atoms with van der Waals surface area (Å²) in [5.74, 6) is -0.389. The molecule has 1 aliphatic rings. The van der Waals surface area contributed by atoms with E-state index in [1.54, 1.807) is 3.28 Å². The molecule has 0 aromatic rings. The fourth-order valence-electron chi connectivity index (χ4n) is 1.89. The van der Waals surface area contributed by atoms with Gasteiger partial charge in [0.05, 0.1) is 0 Å². The molecule has 0 unspecified atom stereocenters. The maximum absolute atomic E-state index is 11.7. The second kappa shape index (κ2) is 10.4. The van der Waals surface area contributed by atoms with E-state index in [1.165, 1.54) is 5.57 Å². The minimum atomic E-state index is -1.75. The largest absolute Gasteiger partial charge is 1.00 e. The normalized spacial score (nSPS) is 13.2. The Bertz CT molecular complexity index is 332. The van der Waals surface area contributed by atoms with Crippen LogP contribution in [-0.4, -0.2) is 11.8 Å². The molecule has 0 saturated heterocycles. The molecule has 2 nitrogen and oxygen atoms in total. The van der Waals surface area contributed by atoms with Gasteiger partial charge in [-0.1, -0.05) is 0 Å². The zero-order valence-electron chi connectivity index (χ0n) is 11.5. The maximum Gasteiger partial charge on any atom is -1.00 e. The van der Waals surface area contributed by atoms with E-state index in [0.717, 1.165) is 12.8 Å². The van der Waals surface area contributed by atoms with Crippen LogP contribution in [0.25, 0.3) is 0 Å². The van der Waals surface area contributed by atoms with Gasteiger partial charge in [-0.25, -0.2) is 0 Å². The molecule has 103 valence electrons. The molecular formula is C12H22Cl2NOSiZr. The summed E-state index contributed by atoms with van der Waals surface area (Å²) in [6.45, 7) is 8.99. The Kier molecular flexibility index (Phi) is 12.1. The van der Waals surface area contributed by atoms with E-state index in [0.29, 0.717) is 12.3 Å². The third kappa shape index (κ3) is 6.70. The summed E-state index contributed by atoms with van der Waals surface area (Å²) in [7, 11) is 0. The molecule has 0 aromatic carbocycles. The minimum Gasteiger partial charge on any atom is -1.00 e. The zero-order chi connectivity index (χ0) is 12.1. The van der Waals surface area contributed by atoms with Crippen molar-refractivity contribution in [1.29, 1.82) is 0 Å². The van der Waals surface area contributed by atoms with Crippen molar-refractivity contribution in [2.75, 3.05) is 0 Å². The van der Waals surface area contributed by atoms with Crippen molar-refractivity contribution in [1.82, 2.24) is 3.26 Å². The van der Waals surface area contributed by atoms with Gasteiger partial charge in [-0.2, -0.15) is 0 Å².